The Hall–Kier alpha value is -2.92. The topological polar surface area (TPSA) is 119 Å². The molecule has 1 aliphatic rings. The van der Waals surface area contributed by atoms with Gasteiger partial charge in [0.15, 0.2) is 11.3 Å². The van der Waals surface area contributed by atoms with Crippen LogP contribution in [0.3, 0.4) is 0 Å². The van der Waals surface area contributed by atoms with Gasteiger partial charge < -0.3 is 34.0 Å². The zero-order valence-corrected chi connectivity index (χ0v) is 20.7. The highest BCUT2D eigenvalue weighted by atomic mass is 35.5. The van der Waals surface area contributed by atoms with Crippen LogP contribution in [0.2, 0.25) is 5.02 Å². The number of nitrogens with zero attached hydrogens (tertiary/aromatic N) is 3. The smallest absolute Gasteiger partial charge is 0.296 e. The highest BCUT2D eigenvalue weighted by Gasteiger charge is 2.39. The number of amides is 1. The van der Waals surface area contributed by atoms with E-state index in [2.05, 4.69) is 15.3 Å². The van der Waals surface area contributed by atoms with Crippen LogP contribution in [0.1, 0.15) is 29.4 Å². The van der Waals surface area contributed by atoms with Crippen LogP contribution in [0.25, 0.3) is 11.1 Å². The van der Waals surface area contributed by atoms with Crippen LogP contribution in [0, 0.1) is 0 Å². The minimum atomic E-state index is -0.651. The summed E-state index contributed by atoms with van der Waals surface area (Å²) in [6, 6.07) is 6.77. The van der Waals surface area contributed by atoms with E-state index in [0.29, 0.717) is 60.2 Å². The maximum Gasteiger partial charge on any atom is 0.296 e. The van der Waals surface area contributed by atoms with E-state index in [-0.39, 0.29) is 24.6 Å². The van der Waals surface area contributed by atoms with Crippen LogP contribution in [0.4, 0.5) is 6.01 Å². The number of hydrogen-bond donors (Lipinski definition) is 2. The summed E-state index contributed by atoms with van der Waals surface area (Å²) in [5.74, 6) is 0.183. The molecule has 2 atom stereocenters. The second kappa shape index (κ2) is 10.8. The molecule has 10 nitrogen and oxygen atoms in total. The molecule has 3 heterocycles. The van der Waals surface area contributed by atoms with Crippen molar-refractivity contribution in [1.29, 1.82) is 0 Å². The van der Waals surface area contributed by atoms with Crippen LogP contribution in [-0.4, -0.2) is 78.1 Å². The zero-order chi connectivity index (χ0) is 25.0. The van der Waals surface area contributed by atoms with Gasteiger partial charge in [-0.25, -0.2) is 0 Å². The number of pyridine rings is 1. The highest BCUT2D eigenvalue weighted by Crippen LogP contribution is 2.32. The third-order valence-corrected chi connectivity index (χ3v) is 6.19. The lowest BCUT2D eigenvalue weighted by molar-refractivity contribution is -0.130. The first-order valence-electron chi connectivity index (χ1n) is 11.2. The standard InChI is InChI=1S/C24H29ClN4O6/c1-24(5-7-30)14-29(18(12-32-2)13-34-24)22(31)15-8-19-21(20(9-15)33-3)35-23(28-19)27-11-17-10-16(25)4-6-26-17/h4,6,8-10,18,30H,5,7,11-14H2,1-3H3,(H,27,28). The fourth-order valence-electron chi connectivity index (χ4n) is 4.11. The van der Waals surface area contributed by atoms with Gasteiger partial charge in [-0.3, -0.25) is 9.78 Å². The molecule has 0 radical (unpaired) electrons. The van der Waals surface area contributed by atoms with Gasteiger partial charge in [0.25, 0.3) is 11.9 Å². The number of halogens is 1. The largest absolute Gasteiger partial charge is 0.493 e. The minimum absolute atomic E-state index is 0.0350. The molecular formula is C24H29ClN4O6. The monoisotopic (exact) mass is 504 g/mol. The number of carbonyl (C=O) groups is 1. The fourth-order valence-corrected chi connectivity index (χ4v) is 4.29. The number of morpholine rings is 1. The molecule has 2 aromatic heterocycles. The highest BCUT2D eigenvalue weighted by molar-refractivity contribution is 6.30. The summed E-state index contributed by atoms with van der Waals surface area (Å²) in [5.41, 5.74) is 1.38. The van der Waals surface area contributed by atoms with Gasteiger partial charge in [0, 0.05) is 36.9 Å². The molecule has 4 rings (SSSR count). The van der Waals surface area contributed by atoms with Crippen molar-refractivity contribution in [2.45, 2.75) is 31.5 Å². The van der Waals surface area contributed by atoms with Crippen LogP contribution in [0.5, 0.6) is 5.75 Å². The summed E-state index contributed by atoms with van der Waals surface area (Å²) in [6.07, 6.45) is 2.04. The molecule has 0 spiro atoms. The third kappa shape index (κ3) is 5.67. The van der Waals surface area contributed by atoms with Crippen LogP contribution in [0.15, 0.2) is 34.9 Å². The van der Waals surface area contributed by atoms with Gasteiger partial charge >= 0.3 is 0 Å². The van der Waals surface area contributed by atoms with E-state index in [4.69, 9.17) is 30.2 Å². The number of hydrogen-bond acceptors (Lipinski definition) is 9. The number of methoxy groups -OCH3 is 2. The molecule has 3 aromatic rings. The van der Waals surface area contributed by atoms with Crippen molar-refractivity contribution in [3.63, 3.8) is 0 Å². The second-order valence-corrected chi connectivity index (χ2v) is 9.08. The molecule has 1 aliphatic heterocycles. The molecule has 1 saturated heterocycles. The number of rotatable bonds is 9. The first-order chi connectivity index (χ1) is 16.9. The SMILES string of the molecule is COCC1COC(C)(CCO)CN1C(=O)c1cc(OC)c2oc(NCc3cc(Cl)ccn3)nc2c1. The Morgan fingerprint density at radius 3 is 2.91 bits per heavy atom. The summed E-state index contributed by atoms with van der Waals surface area (Å²) in [6.45, 7) is 3.17. The van der Waals surface area contributed by atoms with Gasteiger partial charge in [0.1, 0.15) is 5.52 Å². The maximum absolute atomic E-state index is 13.6. The predicted octanol–water partition coefficient (Wildman–Crippen LogP) is 3.13. The normalized spacial score (nSPS) is 20.3. The molecule has 11 heteroatoms. The van der Waals surface area contributed by atoms with Gasteiger partial charge in [0.05, 0.1) is 50.7 Å². The van der Waals surface area contributed by atoms with E-state index in [1.54, 1.807) is 42.5 Å². The molecule has 0 saturated carbocycles. The van der Waals surface area contributed by atoms with Crippen molar-refractivity contribution in [3.8, 4) is 5.75 Å². The van der Waals surface area contributed by atoms with Crippen molar-refractivity contribution in [2.75, 3.05) is 45.9 Å². The Kier molecular flexibility index (Phi) is 7.75. The van der Waals surface area contributed by atoms with Gasteiger partial charge in [-0.05, 0) is 31.2 Å². The number of fused-ring (bicyclic) bond motifs is 1. The van der Waals surface area contributed by atoms with Crippen molar-refractivity contribution in [1.82, 2.24) is 14.9 Å². The summed E-state index contributed by atoms with van der Waals surface area (Å²) in [5, 5.41) is 13.1. The van der Waals surface area contributed by atoms with Crippen molar-refractivity contribution < 1.29 is 28.5 Å². The number of aromatic nitrogens is 2. The molecule has 2 N–H and O–H groups in total. The predicted molar refractivity (Wildman–Crippen MR) is 130 cm³/mol. The van der Waals surface area contributed by atoms with E-state index >= 15 is 0 Å². The molecule has 1 aromatic carbocycles. The Balaban J connectivity index is 1.60. The Labute approximate surface area is 208 Å². The number of anilines is 1. The van der Waals surface area contributed by atoms with Gasteiger partial charge in [0.2, 0.25) is 0 Å². The molecule has 188 valence electrons. The number of aliphatic hydroxyl groups excluding tert-OH is 1. The van der Waals surface area contributed by atoms with E-state index in [1.807, 2.05) is 6.92 Å². The Bertz CT molecular complexity index is 1190. The van der Waals surface area contributed by atoms with Crippen LogP contribution in [-0.2, 0) is 16.0 Å². The van der Waals surface area contributed by atoms with Crippen molar-refractivity contribution in [2.24, 2.45) is 0 Å². The number of ether oxygens (including phenoxy) is 3. The number of aliphatic hydroxyl groups is 1. The number of benzene rings is 1. The summed E-state index contributed by atoms with van der Waals surface area (Å²) < 4.78 is 22.6. The average Bonchev–Trinajstić information content (AvgIpc) is 3.26. The lowest BCUT2D eigenvalue weighted by atomic mass is 9.97. The molecule has 35 heavy (non-hydrogen) atoms. The molecule has 0 aliphatic carbocycles. The van der Waals surface area contributed by atoms with Crippen LogP contribution < -0.4 is 10.1 Å². The molecule has 1 fully saturated rings. The average molecular weight is 505 g/mol. The molecular weight excluding hydrogens is 476 g/mol. The fraction of sp³-hybridized carbons (Fsp3) is 0.458. The zero-order valence-electron chi connectivity index (χ0n) is 19.9. The van der Waals surface area contributed by atoms with E-state index in [9.17, 15) is 9.90 Å². The lowest BCUT2D eigenvalue weighted by Gasteiger charge is -2.45. The van der Waals surface area contributed by atoms with E-state index < -0.39 is 5.60 Å². The van der Waals surface area contributed by atoms with Crippen molar-refractivity contribution >= 4 is 34.6 Å². The Morgan fingerprint density at radius 1 is 1.37 bits per heavy atom. The quantitative estimate of drug-likeness (QED) is 0.453. The van der Waals surface area contributed by atoms with E-state index in [0.717, 1.165) is 5.69 Å². The summed E-state index contributed by atoms with van der Waals surface area (Å²) in [7, 11) is 3.09. The van der Waals surface area contributed by atoms with E-state index in [1.165, 1.54) is 7.11 Å². The minimum Gasteiger partial charge on any atom is -0.493 e. The summed E-state index contributed by atoms with van der Waals surface area (Å²) in [4.78, 5) is 24.1. The molecule has 2 unspecified atom stereocenters. The maximum atomic E-state index is 13.6. The first kappa shape index (κ1) is 25.2. The molecule has 0 bridgehead atoms. The number of oxazole rings is 1. The first-order valence-corrected chi connectivity index (χ1v) is 11.6. The van der Waals surface area contributed by atoms with Crippen molar-refractivity contribution in [3.05, 3.63) is 46.7 Å². The second-order valence-electron chi connectivity index (χ2n) is 8.64. The molecule has 1 amide bonds. The van der Waals surface area contributed by atoms with Crippen LogP contribution >= 0.6 is 11.6 Å². The number of carbonyl (C=O) groups excluding carboxylic acids is 1. The lowest BCUT2D eigenvalue weighted by Crippen LogP contribution is -2.58. The van der Waals surface area contributed by atoms with Gasteiger partial charge in [-0.1, -0.05) is 11.6 Å². The van der Waals surface area contributed by atoms with Gasteiger partial charge in [-0.15, -0.1) is 0 Å². The summed E-state index contributed by atoms with van der Waals surface area (Å²) >= 11 is 6.02. The third-order valence-electron chi connectivity index (χ3n) is 5.95. The number of nitrogens with one attached hydrogen (secondary N) is 1. The van der Waals surface area contributed by atoms with Gasteiger partial charge in [-0.2, -0.15) is 4.98 Å². The Morgan fingerprint density at radius 2 is 2.20 bits per heavy atom.